The van der Waals surface area contributed by atoms with Crippen molar-refractivity contribution < 1.29 is 4.74 Å². The SMILES string of the molecule is C/C=C\C.C=C/C=C\C.CC.CC.CC.CC.CC/C=C(\OC1=CCCC=C1C)c1ccc(-c2ccc(C)c(C)c2)cc1.CCCc1ccc(-c2ccccc2)cc1.CN.Cc1ccc(-c2ccccc2)cc1. The van der Waals surface area contributed by atoms with E-state index < -0.39 is 0 Å². The highest BCUT2D eigenvalue weighted by atomic mass is 16.5. The fourth-order valence-corrected chi connectivity index (χ4v) is 6.46. The smallest absolute Gasteiger partial charge is 0.130 e. The highest BCUT2D eigenvalue weighted by molar-refractivity contribution is 5.69. The average Bonchev–Trinajstić information content (AvgIpc) is 3.46. The maximum atomic E-state index is 6.26. The van der Waals surface area contributed by atoms with Crippen LogP contribution in [-0.4, -0.2) is 7.05 Å². The molecule has 396 valence electrons. The van der Waals surface area contributed by atoms with E-state index in [2.05, 4.69) is 218 Å². The second kappa shape index (κ2) is 49.1. The lowest BCUT2D eigenvalue weighted by Crippen LogP contribution is -1.98. The molecule has 0 radical (unpaired) electrons. The molecule has 2 nitrogen and oxygen atoms in total. The van der Waals surface area contributed by atoms with Crippen molar-refractivity contribution in [3.8, 4) is 33.4 Å². The topological polar surface area (TPSA) is 35.2 Å². The minimum absolute atomic E-state index is 0.944. The Morgan fingerprint density at radius 3 is 1.33 bits per heavy atom. The number of aryl methyl sites for hydroxylation is 4. The molecule has 0 atom stereocenters. The molecule has 0 aliphatic heterocycles. The van der Waals surface area contributed by atoms with Gasteiger partial charge in [0.1, 0.15) is 11.5 Å². The molecule has 73 heavy (non-hydrogen) atoms. The van der Waals surface area contributed by atoms with Crippen LogP contribution in [0.4, 0.5) is 0 Å². The van der Waals surface area contributed by atoms with Crippen LogP contribution in [0.25, 0.3) is 39.1 Å². The number of hydrogen-bond donors (Lipinski definition) is 1. The quantitative estimate of drug-likeness (QED) is 0.0843. The van der Waals surface area contributed by atoms with Gasteiger partial charge in [-0.25, -0.2) is 0 Å². The van der Waals surface area contributed by atoms with Gasteiger partial charge in [-0.05, 0) is 149 Å². The summed E-state index contributed by atoms with van der Waals surface area (Å²) in [4.78, 5) is 0. The van der Waals surface area contributed by atoms with Gasteiger partial charge in [0, 0.05) is 5.56 Å². The average molecular weight is 985 g/mol. The summed E-state index contributed by atoms with van der Waals surface area (Å²) in [7, 11) is 1.50. The second-order valence-electron chi connectivity index (χ2n) is 15.5. The summed E-state index contributed by atoms with van der Waals surface area (Å²) < 4.78 is 6.26. The van der Waals surface area contributed by atoms with Crippen LogP contribution in [0.2, 0.25) is 0 Å². The van der Waals surface area contributed by atoms with Crippen LogP contribution >= 0.6 is 0 Å². The molecule has 0 spiro atoms. The summed E-state index contributed by atoms with van der Waals surface area (Å²) in [6.45, 7) is 38.3. The summed E-state index contributed by atoms with van der Waals surface area (Å²) in [5.74, 6) is 1.94. The van der Waals surface area contributed by atoms with Crippen molar-refractivity contribution in [1.29, 1.82) is 0 Å². The van der Waals surface area contributed by atoms with Crippen LogP contribution in [0.5, 0.6) is 0 Å². The number of hydrogen-bond acceptors (Lipinski definition) is 2. The van der Waals surface area contributed by atoms with Crippen LogP contribution in [0.3, 0.4) is 0 Å². The van der Waals surface area contributed by atoms with Gasteiger partial charge in [-0.3, -0.25) is 0 Å². The molecule has 6 aromatic carbocycles. The number of benzene rings is 6. The van der Waals surface area contributed by atoms with E-state index in [0.717, 1.165) is 36.3 Å². The molecule has 0 saturated carbocycles. The van der Waals surface area contributed by atoms with E-state index in [-0.39, 0.29) is 0 Å². The Balaban J connectivity index is -0.000000894. The summed E-state index contributed by atoms with van der Waals surface area (Å²) >= 11 is 0. The van der Waals surface area contributed by atoms with Gasteiger partial charge in [0.05, 0.1) is 0 Å². The summed E-state index contributed by atoms with van der Waals surface area (Å²) in [5, 5.41) is 0. The molecule has 2 heteroatoms. The molecule has 1 aliphatic carbocycles. The van der Waals surface area contributed by atoms with Crippen LogP contribution in [0.1, 0.15) is 150 Å². The van der Waals surface area contributed by atoms with E-state index >= 15 is 0 Å². The minimum Gasteiger partial charge on any atom is -0.457 e. The van der Waals surface area contributed by atoms with Crippen LogP contribution in [-0.2, 0) is 11.2 Å². The summed E-state index contributed by atoms with van der Waals surface area (Å²) in [6, 6.07) is 53.7. The van der Waals surface area contributed by atoms with Crippen molar-refractivity contribution >= 4 is 5.76 Å². The van der Waals surface area contributed by atoms with Gasteiger partial charge in [-0.2, -0.15) is 0 Å². The van der Waals surface area contributed by atoms with Gasteiger partial charge in [0.2, 0.25) is 0 Å². The largest absolute Gasteiger partial charge is 0.457 e. The Labute approximate surface area is 450 Å². The predicted molar refractivity (Wildman–Crippen MR) is 335 cm³/mol. The first kappa shape index (κ1) is 70.8. The number of rotatable bonds is 10. The Morgan fingerprint density at radius 2 is 0.932 bits per heavy atom. The molecule has 0 fully saturated rings. The van der Waals surface area contributed by atoms with E-state index in [1.807, 2.05) is 107 Å². The lowest BCUT2D eigenvalue weighted by atomic mass is 9.99. The van der Waals surface area contributed by atoms with Crippen molar-refractivity contribution in [2.45, 2.75) is 150 Å². The molecule has 1 aliphatic rings. The molecular formula is C71H101NO. The van der Waals surface area contributed by atoms with Gasteiger partial charge >= 0.3 is 0 Å². The predicted octanol–water partition coefficient (Wildman–Crippen LogP) is 22.3. The highest BCUT2D eigenvalue weighted by Crippen LogP contribution is 2.29. The van der Waals surface area contributed by atoms with Crippen molar-refractivity contribution in [1.82, 2.24) is 0 Å². The second-order valence-corrected chi connectivity index (χ2v) is 15.5. The molecule has 2 N–H and O–H groups in total. The molecule has 0 unspecified atom stereocenters. The van der Waals surface area contributed by atoms with Gasteiger partial charge in [-0.15, -0.1) is 0 Å². The Kier molecular flexibility index (Phi) is 47.6. The Bertz CT molecular complexity index is 2340. The molecule has 0 bridgehead atoms. The zero-order chi connectivity index (χ0) is 55.7. The van der Waals surface area contributed by atoms with Crippen molar-refractivity contribution in [3.05, 3.63) is 246 Å². The van der Waals surface area contributed by atoms with E-state index in [1.54, 1.807) is 6.08 Å². The van der Waals surface area contributed by atoms with Gasteiger partial charge in [0.15, 0.2) is 0 Å². The molecule has 6 aromatic rings. The zero-order valence-electron chi connectivity index (χ0n) is 49.3. The summed E-state index contributed by atoms with van der Waals surface area (Å²) in [5.41, 5.74) is 19.9. The number of nitrogens with two attached hydrogens (primary N) is 1. The van der Waals surface area contributed by atoms with Gasteiger partial charge in [0.25, 0.3) is 0 Å². The van der Waals surface area contributed by atoms with E-state index in [9.17, 15) is 0 Å². The zero-order valence-corrected chi connectivity index (χ0v) is 49.3. The summed E-state index contributed by atoms with van der Waals surface area (Å²) in [6.07, 6.45) is 21.7. The molecule has 7 rings (SSSR count). The molecular weight excluding hydrogens is 883 g/mol. The molecule has 0 aromatic heterocycles. The monoisotopic (exact) mass is 984 g/mol. The highest BCUT2D eigenvalue weighted by Gasteiger charge is 2.11. The lowest BCUT2D eigenvalue weighted by Gasteiger charge is -2.17. The fourth-order valence-electron chi connectivity index (χ4n) is 6.46. The van der Waals surface area contributed by atoms with E-state index in [4.69, 9.17) is 4.74 Å². The molecule has 0 heterocycles. The minimum atomic E-state index is 0.944. The van der Waals surface area contributed by atoms with Crippen LogP contribution < -0.4 is 5.73 Å². The molecule has 0 saturated heterocycles. The Morgan fingerprint density at radius 1 is 0.507 bits per heavy atom. The maximum absolute atomic E-state index is 6.26. The third-order valence-electron chi connectivity index (χ3n) is 10.4. The van der Waals surface area contributed by atoms with Crippen molar-refractivity contribution in [2.75, 3.05) is 7.05 Å². The standard InChI is InChI=1S/C25H28O.C15H16.C13H12.C5H8.C4H8.4C2H6.CH5N/c1-5-8-25(26-24-10-7-6-9-19(24)3)22-15-13-21(14-16-22)23-12-11-18(2)20(4)17-23;1-2-6-13-9-11-15(12-10-13)14-7-4-3-5-8-14;1-11-7-9-13(10-8-11)12-5-3-2-4-6-12;1-3-5-4-2;1-3-4-2;5*1-2/h8-17H,5-7H2,1-4H3;3-5,7-12H,2,6H2,1H3;2-10H,1H3;3-5H,1H2,2H3;3-4H,1-2H3;4*1-2H3;2H2,1H3/b25-8-;;;5-4-;4-3-;;;;;. The van der Waals surface area contributed by atoms with Crippen LogP contribution in [0.15, 0.2) is 218 Å². The third kappa shape index (κ3) is 30.9. The van der Waals surface area contributed by atoms with Crippen molar-refractivity contribution in [2.24, 2.45) is 5.73 Å². The van der Waals surface area contributed by atoms with E-state index in [1.165, 1.54) is 81.1 Å². The normalized spacial score (nSPS) is 10.6. The maximum Gasteiger partial charge on any atom is 0.130 e. The molecule has 0 amide bonds. The first-order valence-electron chi connectivity index (χ1n) is 27.3. The number of ether oxygens (including phenoxy) is 1. The van der Waals surface area contributed by atoms with E-state index in [0.29, 0.717) is 0 Å². The number of allylic oxidation sites excluding steroid dienone is 9. The first-order valence-corrected chi connectivity index (χ1v) is 27.3. The fraction of sp³-hybridized carbons (Fsp3) is 0.324. The Hall–Kier alpha value is -6.48. The lowest BCUT2D eigenvalue weighted by molar-refractivity contribution is 0.386. The first-order chi connectivity index (χ1) is 35.7. The van der Waals surface area contributed by atoms with Gasteiger partial charge < -0.3 is 10.5 Å². The third-order valence-corrected chi connectivity index (χ3v) is 10.4. The van der Waals surface area contributed by atoms with Crippen molar-refractivity contribution in [3.63, 3.8) is 0 Å². The van der Waals surface area contributed by atoms with Gasteiger partial charge in [-0.1, -0.05) is 276 Å². The van der Waals surface area contributed by atoms with Crippen LogP contribution in [0, 0.1) is 20.8 Å².